The van der Waals surface area contributed by atoms with E-state index in [1.54, 1.807) is 17.9 Å². The van der Waals surface area contributed by atoms with Crippen molar-refractivity contribution >= 4 is 17.7 Å². The van der Waals surface area contributed by atoms with E-state index < -0.39 is 16.9 Å². The Morgan fingerprint density at radius 3 is 2.53 bits per heavy atom. The number of hydrogen-bond acceptors (Lipinski definition) is 6. The summed E-state index contributed by atoms with van der Waals surface area (Å²) < 4.78 is 11.0. The molecule has 166 valence electrons. The molecule has 2 aromatic rings. The highest BCUT2D eigenvalue weighted by Crippen LogP contribution is 2.38. The number of benzene rings is 2. The van der Waals surface area contributed by atoms with Gasteiger partial charge in [0.25, 0.3) is 5.69 Å². The van der Waals surface area contributed by atoms with Gasteiger partial charge in [0.1, 0.15) is 12.4 Å². The quantitative estimate of drug-likeness (QED) is 0.402. The Morgan fingerprint density at radius 2 is 1.94 bits per heavy atom. The SMILES string of the molecule is COC(=O)C1=C(COc2ccc([N+](=O)[O-])c(C)c2)N(C2CC2)C(=O)N[C@@H]1c1ccccc1. The monoisotopic (exact) mass is 437 g/mol. The second kappa shape index (κ2) is 8.70. The molecule has 32 heavy (non-hydrogen) atoms. The van der Waals surface area contributed by atoms with Crippen molar-refractivity contribution in [1.29, 1.82) is 0 Å². The highest BCUT2D eigenvalue weighted by molar-refractivity contribution is 5.95. The normalized spacial score (nSPS) is 18.2. The Hall–Kier alpha value is -3.88. The first-order valence-electron chi connectivity index (χ1n) is 10.2. The maximum absolute atomic E-state index is 13.0. The second-order valence-corrected chi connectivity index (χ2v) is 7.74. The van der Waals surface area contributed by atoms with Crippen LogP contribution < -0.4 is 10.1 Å². The van der Waals surface area contributed by atoms with E-state index in [4.69, 9.17) is 9.47 Å². The summed E-state index contributed by atoms with van der Waals surface area (Å²) in [4.78, 5) is 38.1. The topological polar surface area (TPSA) is 111 Å². The molecule has 2 aromatic carbocycles. The van der Waals surface area contributed by atoms with Gasteiger partial charge in [0.2, 0.25) is 0 Å². The molecule has 1 saturated carbocycles. The van der Waals surface area contributed by atoms with Crippen molar-refractivity contribution in [3.8, 4) is 5.75 Å². The lowest BCUT2D eigenvalue weighted by molar-refractivity contribution is -0.385. The van der Waals surface area contributed by atoms with Crippen molar-refractivity contribution in [1.82, 2.24) is 10.2 Å². The van der Waals surface area contributed by atoms with Crippen LogP contribution >= 0.6 is 0 Å². The van der Waals surface area contributed by atoms with Gasteiger partial charge in [-0.3, -0.25) is 15.0 Å². The zero-order valence-electron chi connectivity index (χ0n) is 17.7. The molecule has 1 heterocycles. The maximum atomic E-state index is 13.0. The molecular weight excluding hydrogens is 414 g/mol. The van der Waals surface area contributed by atoms with Crippen molar-refractivity contribution < 1.29 is 24.0 Å². The summed E-state index contributed by atoms with van der Waals surface area (Å²) in [6, 6.07) is 12.6. The van der Waals surface area contributed by atoms with E-state index in [0.29, 0.717) is 22.6 Å². The minimum Gasteiger partial charge on any atom is -0.487 e. The van der Waals surface area contributed by atoms with Crippen LogP contribution in [0.25, 0.3) is 0 Å². The number of nitro groups is 1. The fourth-order valence-corrected chi connectivity index (χ4v) is 3.87. The van der Waals surface area contributed by atoms with Gasteiger partial charge in [0, 0.05) is 17.7 Å². The van der Waals surface area contributed by atoms with E-state index >= 15 is 0 Å². The summed E-state index contributed by atoms with van der Waals surface area (Å²) in [5.74, 6) is -0.147. The fourth-order valence-electron chi connectivity index (χ4n) is 3.87. The number of nitrogens with zero attached hydrogens (tertiary/aromatic N) is 2. The van der Waals surface area contributed by atoms with Crippen molar-refractivity contribution in [2.24, 2.45) is 0 Å². The zero-order chi connectivity index (χ0) is 22.8. The smallest absolute Gasteiger partial charge is 0.338 e. The number of ether oxygens (including phenoxy) is 2. The van der Waals surface area contributed by atoms with Crippen LogP contribution in [0.4, 0.5) is 10.5 Å². The van der Waals surface area contributed by atoms with Gasteiger partial charge in [-0.2, -0.15) is 0 Å². The zero-order valence-corrected chi connectivity index (χ0v) is 17.7. The largest absolute Gasteiger partial charge is 0.487 e. The van der Waals surface area contributed by atoms with E-state index in [-0.39, 0.29) is 24.4 Å². The number of urea groups is 1. The van der Waals surface area contributed by atoms with Crippen molar-refractivity contribution in [3.63, 3.8) is 0 Å². The standard InChI is InChI=1S/C23H23N3O6/c1-14-12-17(10-11-18(14)26(29)30)32-13-19-20(22(27)31-2)21(15-6-4-3-5-7-15)24-23(28)25(19)16-8-9-16/h3-7,10-12,16,21H,8-9,13H2,1-2H3,(H,24,28)/t21-/m1/s1. The molecule has 1 aliphatic heterocycles. The lowest BCUT2D eigenvalue weighted by Crippen LogP contribution is -2.50. The van der Waals surface area contributed by atoms with Crippen LogP contribution in [0.3, 0.4) is 0 Å². The van der Waals surface area contributed by atoms with Crippen molar-refractivity contribution in [3.05, 3.63) is 81.0 Å². The van der Waals surface area contributed by atoms with Gasteiger partial charge in [-0.05, 0) is 37.5 Å². The number of nitro benzene ring substituents is 1. The van der Waals surface area contributed by atoms with Gasteiger partial charge in [-0.1, -0.05) is 30.3 Å². The van der Waals surface area contributed by atoms with Crippen LogP contribution in [0, 0.1) is 17.0 Å². The molecule has 1 N–H and O–H groups in total. The van der Waals surface area contributed by atoms with Crippen LogP contribution in [-0.4, -0.2) is 41.6 Å². The molecule has 1 atom stereocenters. The third-order valence-electron chi connectivity index (χ3n) is 5.57. The average Bonchev–Trinajstić information content (AvgIpc) is 3.62. The number of nitrogens with one attached hydrogen (secondary N) is 1. The number of carbonyl (C=O) groups excluding carboxylic acids is 2. The molecule has 1 fully saturated rings. The molecular formula is C23H23N3O6. The number of methoxy groups -OCH3 is 1. The predicted molar refractivity (Wildman–Crippen MR) is 115 cm³/mol. The molecule has 0 aromatic heterocycles. The Morgan fingerprint density at radius 1 is 1.22 bits per heavy atom. The van der Waals surface area contributed by atoms with Gasteiger partial charge in [-0.25, -0.2) is 9.59 Å². The van der Waals surface area contributed by atoms with Gasteiger partial charge in [-0.15, -0.1) is 0 Å². The lowest BCUT2D eigenvalue weighted by atomic mass is 9.94. The Balaban J connectivity index is 1.73. The van der Waals surface area contributed by atoms with Crippen LogP contribution in [0.5, 0.6) is 5.75 Å². The first-order chi connectivity index (χ1) is 15.4. The molecule has 1 aliphatic carbocycles. The molecule has 2 aliphatic rings. The number of amides is 2. The molecule has 0 radical (unpaired) electrons. The highest BCUT2D eigenvalue weighted by atomic mass is 16.6. The van der Waals surface area contributed by atoms with E-state index in [9.17, 15) is 19.7 Å². The molecule has 9 nitrogen and oxygen atoms in total. The lowest BCUT2D eigenvalue weighted by Gasteiger charge is -2.36. The minimum absolute atomic E-state index is 0.00684. The number of hydrogen-bond donors (Lipinski definition) is 1. The van der Waals surface area contributed by atoms with Crippen molar-refractivity contribution in [2.45, 2.75) is 31.8 Å². The number of carbonyl (C=O) groups is 2. The first-order valence-corrected chi connectivity index (χ1v) is 10.2. The highest BCUT2D eigenvalue weighted by Gasteiger charge is 2.44. The number of rotatable bonds is 7. The molecule has 4 rings (SSSR count). The Labute approximate surface area is 184 Å². The van der Waals surface area contributed by atoms with Gasteiger partial charge in [0.05, 0.1) is 29.3 Å². The fraction of sp³-hybridized carbons (Fsp3) is 0.304. The Kier molecular flexibility index (Phi) is 5.81. The van der Waals surface area contributed by atoms with E-state index in [0.717, 1.165) is 18.4 Å². The van der Waals surface area contributed by atoms with E-state index in [1.165, 1.54) is 19.2 Å². The van der Waals surface area contributed by atoms with Crippen LogP contribution in [0.2, 0.25) is 0 Å². The van der Waals surface area contributed by atoms with Gasteiger partial charge < -0.3 is 14.8 Å². The van der Waals surface area contributed by atoms with E-state index in [2.05, 4.69) is 5.32 Å². The average molecular weight is 437 g/mol. The summed E-state index contributed by atoms with van der Waals surface area (Å²) in [5, 5.41) is 14.0. The molecule has 0 spiro atoms. The van der Waals surface area contributed by atoms with Crippen LogP contribution in [0.1, 0.15) is 30.0 Å². The number of esters is 1. The molecule has 0 saturated heterocycles. The summed E-state index contributed by atoms with van der Waals surface area (Å²) in [7, 11) is 1.30. The van der Waals surface area contributed by atoms with Crippen molar-refractivity contribution in [2.75, 3.05) is 13.7 Å². The van der Waals surface area contributed by atoms with Crippen LogP contribution in [0.15, 0.2) is 59.8 Å². The molecule has 0 bridgehead atoms. The predicted octanol–water partition coefficient (Wildman–Crippen LogP) is 3.64. The molecule has 2 amide bonds. The second-order valence-electron chi connectivity index (χ2n) is 7.74. The summed E-state index contributed by atoms with van der Waals surface area (Å²) >= 11 is 0. The van der Waals surface area contributed by atoms with Gasteiger partial charge in [0.15, 0.2) is 0 Å². The first kappa shape index (κ1) is 21.4. The molecule has 9 heteroatoms. The third-order valence-corrected chi connectivity index (χ3v) is 5.57. The molecule has 0 unspecified atom stereocenters. The van der Waals surface area contributed by atoms with Crippen LogP contribution in [-0.2, 0) is 9.53 Å². The minimum atomic E-state index is -0.677. The Bertz CT molecular complexity index is 1090. The maximum Gasteiger partial charge on any atom is 0.338 e. The summed E-state index contributed by atoms with van der Waals surface area (Å²) in [6.45, 7) is 1.56. The number of aryl methyl sites for hydroxylation is 1. The summed E-state index contributed by atoms with van der Waals surface area (Å²) in [6.07, 6.45) is 1.66. The summed E-state index contributed by atoms with van der Waals surface area (Å²) in [5.41, 5.74) is 1.95. The third kappa shape index (κ3) is 4.14. The van der Waals surface area contributed by atoms with E-state index in [1.807, 2.05) is 30.3 Å². The van der Waals surface area contributed by atoms with Gasteiger partial charge >= 0.3 is 12.0 Å².